The van der Waals surface area contributed by atoms with Crippen LogP contribution in [0.1, 0.15) is 18.4 Å². The lowest BCUT2D eigenvalue weighted by Crippen LogP contribution is -2.47. The molecule has 0 spiro atoms. The van der Waals surface area contributed by atoms with Gasteiger partial charge in [0.2, 0.25) is 0 Å². The Morgan fingerprint density at radius 2 is 1.79 bits per heavy atom. The number of nitrogens with zero attached hydrogens (tertiary/aromatic N) is 1. The SMILES string of the molecule is COc1cc(OC)c(OC)cc1CNCC1CN(C2CC2)CCO1. The molecule has 1 atom stereocenters. The van der Waals surface area contributed by atoms with Crippen molar-refractivity contribution < 1.29 is 18.9 Å². The van der Waals surface area contributed by atoms with Crippen LogP contribution in [0, 0.1) is 0 Å². The summed E-state index contributed by atoms with van der Waals surface area (Å²) < 4.78 is 22.1. The van der Waals surface area contributed by atoms with Gasteiger partial charge < -0.3 is 24.3 Å². The normalized spacial score (nSPS) is 21.5. The van der Waals surface area contributed by atoms with E-state index in [9.17, 15) is 0 Å². The molecule has 0 amide bonds. The Morgan fingerprint density at radius 1 is 1.08 bits per heavy atom. The highest BCUT2D eigenvalue weighted by Crippen LogP contribution is 2.34. The zero-order valence-corrected chi connectivity index (χ0v) is 14.8. The molecule has 1 saturated carbocycles. The molecule has 1 aromatic rings. The summed E-state index contributed by atoms with van der Waals surface area (Å²) in [5.41, 5.74) is 1.05. The van der Waals surface area contributed by atoms with E-state index in [2.05, 4.69) is 10.2 Å². The summed E-state index contributed by atoms with van der Waals surface area (Å²) in [6, 6.07) is 4.63. The third kappa shape index (κ3) is 4.12. The van der Waals surface area contributed by atoms with Gasteiger partial charge >= 0.3 is 0 Å². The van der Waals surface area contributed by atoms with Crippen molar-refractivity contribution in [2.75, 3.05) is 47.6 Å². The van der Waals surface area contributed by atoms with Crippen molar-refractivity contribution in [2.45, 2.75) is 31.5 Å². The fourth-order valence-electron chi connectivity index (χ4n) is 3.24. The standard InChI is InChI=1S/C18H28N2O4/c1-21-16-9-18(23-3)17(22-2)8-13(16)10-19-11-15-12-20(6-7-24-15)14-4-5-14/h8-9,14-15,19H,4-7,10-12H2,1-3H3. The second-order valence-electron chi connectivity index (χ2n) is 6.37. The Labute approximate surface area is 144 Å². The highest BCUT2D eigenvalue weighted by Gasteiger charge is 2.32. The predicted molar refractivity (Wildman–Crippen MR) is 92.1 cm³/mol. The summed E-state index contributed by atoms with van der Waals surface area (Å²) in [6.45, 7) is 4.47. The Kier molecular flexibility index (Phi) is 5.81. The maximum absolute atomic E-state index is 5.88. The first kappa shape index (κ1) is 17.3. The van der Waals surface area contributed by atoms with E-state index in [0.717, 1.165) is 43.6 Å². The molecule has 1 saturated heterocycles. The Balaban J connectivity index is 1.55. The van der Waals surface area contributed by atoms with Crippen LogP contribution in [0.15, 0.2) is 12.1 Å². The van der Waals surface area contributed by atoms with E-state index in [1.54, 1.807) is 21.3 Å². The lowest BCUT2D eigenvalue weighted by molar-refractivity contribution is -0.0301. The van der Waals surface area contributed by atoms with Crippen molar-refractivity contribution in [1.82, 2.24) is 10.2 Å². The molecule has 1 aliphatic carbocycles. The molecular weight excluding hydrogens is 308 g/mol. The molecule has 6 nitrogen and oxygen atoms in total. The molecule has 1 aromatic carbocycles. The van der Waals surface area contributed by atoms with Crippen molar-refractivity contribution in [3.8, 4) is 17.2 Å². The molecule has 3 rings (SSSR count). The second kappa shape index (κ2) is 8.05. The van der Waals surface area contributed by atoms with Crippen LogP contribution in [0.25, 0.3) is 0 Å². The van der Waals surface area contributed by atoms with Crippen LogP contribution in [0.3, 0.4) is 0 Å². The van der Waals surface area contributed by atoms with E-state index < -0.39 is 0 Å². The van der Waals surface area contributed by atoms with Crippen LogP contribution in [0.5, 0.6) is 17.2 Å². The summed E-state index contributed by atoms with van der Waals surface area (Å²) in [4.78, 5) is 2.56. The molecule has 0 radical (unpaired) electrons. The fraction of sp³-hybridized carbons (Fsp3) is 0.667. The van der Waals surface area contributed by atoms with Crippen molar-refractivity contribution >= 4 is 0 Å². The monoisotopic (exact) mass is 336 g/mol. The van der Waals surface area contributed by atoms with Gasteiger partial charge in [-0.3, -0.25) is 4.90 Å². The zero-order valence-electron chi connectivity index (χ0n) is 14.8. The Bertz CT molecular complexity index is 548. The first-order valence-electron chi connectivity index (χ1n) is 8.60. The topological polar surface area (TPSA) is 52.2 Å². The summed E-state index contributed by atoms with van der Waals surface area (Å²) in [6.07, 6.45) is 2.96. The van der Waals surface area contributed by atoms with Gasteiger partial charge in [-0.15, -0.1) is 0 Å². The smallest absolute Gasteiger partial charge is 0.164 e. The van der Waals surface area contributed by atoms with Crippen molar-refractivity contribution in [2.24, 2.45) is 0 Å². The number of morpholine rings is 1. The van der Waals surface area contributed by atoms with Crippen LogP contribution < -0.4 is 19.5 Å². The van der Waals surface area contributed by atoms with E-state index in [-0.39, 0.29) is 6.10 Å². The summed E-state index contributed by atoms with van der Waals surface area (Å²) in [5, 5.41) is 3.49. The van der Waals surface area contributed by atoms with E-state index in [1.807, 2.05) is 12.1 Å². The predicted octanol–water partition coefficient (Wildman–Crippen LogP) is 1.67. The molecule has 134 valence electrons. The van der Waals surface area contributed by atoms with Gasteiger partial charge in [-0.25, -0.2) is 0 Å². The zero-order chi connectivity index (χ0) is 16.9. The molecule has 2 aliphatic rings. The first-order valence-corrected chi connectivity index (χ1v) is 8.60. The largest absolute Gasteiger partial charge is 0.496 e. The number of hydrogen-bond donors (Lipinski definition) is 1. The van der Waals surface area contributed by atoms with Crippen molar-refractivity contribution in [1.29, 1.82) is 0 Å². The van der Waals surface area contributed by atoms with Gasteiger partial charge in [-0.05, 0) is 18.9 Å². The Morgan fingerprint density at radius 3 is 2.46 bits per heavy atom. The van der Waals surface area contributed by atoms with Gasteiger partial charge in [0, 0.05) is 43.9 Å². The van der Waals surface area contributed by atoms with Crippen LogP contribution in [-0.2, 0) is 11.3 Å². The summed E-state index contributed by atoms with van der Waals surface area (Å²) in [7, 11) is 4.94. The molecule has 1 heterocycles. The van der Waals surface area contributed by atoms with Crippen LogP contribution >= 0.6 is 0 Å². The number of nitrogens with one attached hydrogen (secondary N) is 1. The molecule has 2 fully saturated rings. The lowest BCUT2D eigenvalue weighted by atomic mass is 10.1. The maximum atomic E-state index is 5.88. The van der Waals surface area contributed by atoms with Crippen LogP contribution in [0.2, 0.25) is 0 Å². The molecule has 6 heteroatoms. The number of ether oxygens (including phenoxy) is 4. The van der Waals surface area contributed by atoms with Crippen LogP contribution in [0.4, 0.5) is 0 Å². The van der Waals surface area contributed by atoms with Crippen LogP contribution in [-0.4, -0.2) is 64.6 Å². The lowest BCUT2D eigenvalue weighted by Gasteiger charge is -2.33. The molecule has 1 aliphatic heterocycles. The molecule has 0 bridgehead atoms. The number of methoxy groups -OCH3 is 3. The maximum Gasteiger partial charge on any atom is 0.164 e. The minimum absolute atomic E-state index is 0.255. The first-order chi connectivity index (χ1) is 11.7. The van der Waals surface area contributed by atoms with Gasteiger partial charge in [0.25, 0.3) is 0 Å². The highest BCUT2D eigenvalue weighted by atomic mass is 16.5. The minimum atomic E-state index is 0.255. The van der Waals surface area contributed by atoms with Crippen molar-refractivity contribution in [3.05, 3.63) is 17.7 Å². The van der Waals surface area contributed by atoms with Gasteiger partial charge in [-0.1, -0.05) is 0 Å². The third-order valence-electron chi connectivity index (χ3n) is 4.71. The van der Waals surface area contributed by atoms with E-state index >= 15 is 0 Å². The van der Waals surface area contributed by atoms with Gasteiger partial charge in [0.1, 0.15) is 5.75 Å². The van der Waals surface area contributed by atoms with Crippen molar-refractivity contribution in [3.63, 3.8) is 0 Å². The summed E-state index contributed by atoms with van der Waals surface area (Å²) in [5.74, 6) is 2.18. The number of rotatable bonds is 8. The average molecular weight is 336 g/mol. The quantitative estimate of drug-likeness (QED) is 0.779. The minimum Gasteiger partial charge on any atom is -0.496 e. The summed E-state index contributed by atoms with van der Waals surface area (Å²) >= 11 is 0. The number of benzene rings is 1. The molecule has 0 aromatic heterocycles. The van der Waals surface area contributed by atoms with Gasteiger partial charge in [0.15, 0.2) is 11.5 Å². The molecule has 1 N–H and O–H groups in total. The Hall–Kier alpha value is -1.50. The van der Waals surface area contributed by atoms with Gasteiger partial charge in [-0.2, -0.15) is 0 Å². The molecule has 1 unspecified atom stereocenters. The fourth-order valence-corrected chi connectivity index (χ4v) is 3.24. The highest BCUT2D eigenvalue weighted by molar-refractivity contribution is 5.50. The van der Waals surface area contributed by atoms with E-state index in [1.165, 1.54) is 12.8 Å². The second-order valence-corrected chi connectivity index (χ2v) is 6.37. The average Bonchev–Trinajstić information content (AvgIpc) is 3.46. The van der Waals surface area contributed by atoms with Gasteiger partial charge in [0.05, 0.1) is 34.0 Å². The van der Waals surface area contributed by atoms with E-state index in [4.69, 9.17) is 18.9 Å². The number of hydrogen-bond acceptors (Lipinski definition) is 6. The molecule has 24 heavy (non-hydrogen) atoms. The third-order valence-corrected chi connectivity index (χ3v) is 4.71. The molecular formula is C18H28N2O4. The van der Waals surface area contributed by atoms with E-state index in [0.29, 0.717) is 18.0 Å².